The first-order chi connectivity index (χ1) is 8.63. The van der Waals surface area contributed by atoms with Crippen LogP contribution in [0.15, 0.2) is 4.47 Å². The van der Waals surface area contributed by atoms with Crippen molar-refractivity contribution in [2.75, 3.05) is 0 Å². The molecule has 0 aliphatic heterocycles. The fraction of sp³-hybridized carbons (Fsp3) is 0.786. The molecular weight excluding hydrogens is 356 g/mol. The van der Waals surface area contributed by atoms with Crippen molar-refractivity contribution in [3.8, 4) is 0 Å². The molecule has 1 heterocycles. The topological polar surface area (TPSA) is 17.8 Å². The summed E-state index contributed by atoms with van der Waals surface area (Å²) >= 11 is 7.57. The molecule has 2 rings (SSSR count). The quantitative estimate of drug-likeness (QED) is 0.670. The van der Waals surface area contributed by atoms with Gasteiger partial charge in [-0.05, 0) is 61.4 Å². The fourth-order valence-electron chi connectivity index (χ4n) is 2.94. The van der Waals surface area contributed by atoms with Gasteiger partial charge in [0.2, 0.25) is 0 Å². The van der Waals surface area contributed by atoms with Crippen LogP contribution in [-0.4, -0.2) is 14.6 Å². The smallest absolute Gasteiger partial charge is 0.0738 e. The number of aromatic nitrogens is 2. The van der Waals surface area contributed by atoms with Crippen molar-refractivity contribution in [3.05, 3.63) is 15.9 Å². The van der Waals surface area contributed by atoms with E-state index in [1.807, 2.05) is 0 Å². The molecular formula is C14H22Br2N2. The zero-order valence-electron chi connectivity index (χ0n) is 11.3. The highest BCUT2D eigenvalue weighted by Gasteiger charge is 2.23. The van der Waals surface area contributed by atoms with E-state index < -0.39 is 0 Å². The minimum absolute atomic E-state index is 0.674. The number of halogens is 2. The molecule has 0 bridgehead atoms. The molecule has 0 amide bonds. The van der Waals surface area contributed by atoms with E-state index in [2.05, 4.69) is 55.5 Å². The molecule has 0 radical (unpaired) electrons. The van der Waals surface area contributed by atoms with Crippen LogP contribution in [0, 0.1) is 12.8 Å². The molecule has 1 unspecified atom stereocenters. The van der Waals surface area contributed by atoms with Crippen molar-refractivity contribution in [3.63, 3.8) is 0 Å². The molecule has 1 atom stereocenters. The third-order valence-electron chi connectivity index (χ3n) is 4.02. The predicted octanol–water partition coefficient (Wildman–Crippen LogP) is 4.86. The van der Waals surface area contributed by atoms with E-state index in [-0.39, 0.29) is 0 Å². The van der Waals surface area contributed by atoms with Crippen molar-refractivity contribution >= 4 is 31.9 Å². The minimum atomic E-state index is 0.674. The SMILES string of the molecule is CCn1nc(C)c(Br)c1CCC(Br)C1CCCC1. The van der Waals surface area contributed by atoms with Gasteiger partial charge in [-0.2, -0.15) is 5.10 Å². The largest absolute Gasteiger partial charge is 0.268 e. The van der Waals surface area contributed by atoms with Crippen molar-refractivity contribution in [1.82, 2.24) is 9.78 Å². The Hall–Kier alpha value is 0.170. The lowest BCUT2D eigenvalue weighted by Gasteiger charge is -2.17. The van der Waals surface area contributed by atoms with E-state index >= 15 is 0 Å². The first kappa shape index (κ1) is 14.6. The maximum atomic E-state index is 4.56. The summed E-state index contributed by atoms with van der Waals surface area (Å²) in [5, 5.41) is 4.56. The Balaban J connectivity index is 1.96. The van der Waals surface area contributed by atoms with E-state index in [0.717, 1.165) is 24.6 Å². The summed E-state index contributed by atoms with van der Waals surface area (Å²) in [5.41, 5.74) is 2.47. The zero-order chi connectivity index (χ0) is 13.1. The predicted molar refractivity (Wildman–Crippen MR) is 83.3 cm³/mol. The molecule has 0 spiro atoms. The van der Waals surface area contributed by atoms with Crippen LogP contribution in [0.3, 0.4) is 0 Å². The van der Waals surface area contributed by atoms with E-state index in [9.17, 15) is 0 Å². The summed E-state index contributed by atoms with van der Waals surface area (Å²) in [6.07, 6.45) is 7.98. The third kappa shape index (κ3) is 3.19. The first-order valence-corrected chi connectivity index (χ1v) is 8.70. The Morgan fingerprint density at radius 1 is 1.39 bits per heavy atom. The summed E-state index contributed by atoms with van der Waals surface area (Å²) in [7, 11) is 0. The molecule has 1 aliphatic carbocycles. The Kier molecular flexibility index (Phi) is 5.31. The van der Waals surface area contributed by atoms with Gasteiger partial charge in [0.25, 0.3) is 0 Å². The average Bonchev–Trinajstić information content (AvgIpc) is 2.97. The molecule has 1 aliphatic rings. The Labute approximate surface area is 127 Å². The van der Waals surface area contributed by atoms with Gasteiger partial charge < -0.3 is 0 Å². The van der Waals surface area contributed by atoms with Crippen molar-refractivity contribution < 1.29 is 0 Å². The normalized spacial score (nSPS) is 18.4. The average molecular weight is 378 g/mol. The first-order valence-electron chi connectivity index (χ1n) is 6.99. The molecule has 0 aromatic carbocycles. The molecule has 102 valence electrons. The molecule has 18 heavy (non-hydrogen) atoms. The maximum absolute atomic E-state index is 4.56. The highest BCUT2D eigenvalue weighted by molar-refractivity contribution is 9.10. The summed E-state index contributed by atoms with van der Waals surface area (Å²) in [5.74, 6) is 0.892. The molecule has 0 N–H and O–H groups in total. The lowest BCUT2D eigenvalue weighted by atomic mass is 9.99. The van der Waals surface area contributed by atoms with Gasteiger partial charge in [0.15, 0.2) is 0 Å². The van der Waals surface area contributed by atoms with Crippen LogP contribution in [0.5, 0.6) is 0 Å². The molecule has 1 aromatic rings. The number of rotatable bonds is 5. The van der Waals surface area contributed by atoms with Gasteiger partial charge in [0.1, 0.15) is 0 Å². The number of hydrogen-bond acceptors (Lipinski definition) is 1. The molecule has 2 nitrogen and oxygen atoms in total. The van der Waals surface area contributed by atoms with Gasteiger partial charge in [0, 0.05) is 11.4 Å². The lowest BCUT2D eigenvalue weighted by molar-refractivity contribution is 0.496. The third-order valence-corrected chi connectivity index (χ3v) is 6.26. The van der Waals surface area contributed by atoms with Crippen LogP contribution in [0.2, 0.25) is 0 Å². The van der Waals surface area contributed by atoms with E-state index in [1.54, 1.807) is 0 Å². The molecule has 1 saturated carbocycles. The van der Waals surface area contributed by atoms with Crippen LogP contribution >= 0.6 is 31.9 Å². The Bertz CT molecular complexity index is 395. The van der Waals surface area contributed by atoms with Gasteiger partial charge in [-0.25, -0.2) is 0 Å². The Morgan fingerprint density at radius 2 is 2.06 bits per heavy atom. The van der Waals surface area contributed by atoms with E-state index in [4.69, 9.17) is 0 Å². The van der Waals surface area contributed by atoms with E-state index in [1.165, 1.54) is 42.3 Å². The zero-order valence-corrected chi connectivity index (χ0v) is 14.4. The van der Waals surface area contributed by atoms with Crippen molar-refractivity contribution in [2.24, 2.45) is 5.92 Å². The molecule has 0 saturated heterocycles. The van der Waals surface area contributed by atoms with Crippen LogP contribution in [0.1, 0.15) is 50.4 Å². The molecule has 4 heteroatoms. The van der Waals surface area contributed by atoms with Gasteiger partial charge in [-0.3, -0.25) is 4.68 Å². The lowest BCUT2D eigenvalue weighted by Crippen LogP contribution is -2.13. The highest BCUT2D eigenvalue weighted by Crippen LogP contribution is 2.34. The van der Waals surface area contributed by atoms with Gasteiger partial charge in [0.05, 0.1) is 15.9 Å². The summed E-state index contributed by atoms with van der Waals surface area (Å²) in [6, 6.07) is 0. The number of hydrogen-bond donors (Lipinski definition) is 0. The fourth-order valence-corrected chi connectivity index (χ4v) is 4.18. The van der Waals surface area contributed by atoms with Crippen molar-refractivity contribution in [2.45, 2.75) is 63.7 Å². The monoisotopic (exact) mass is 376 g/mol. The van der Waals surface area contributed by atoms with Crippen molar-refractivity contribution in [1.29, 1.82) is 0 Å². The summed E-state index contributed by atoms with van der Waals surface area (Å²) in [4.78, 5) is 0.674. The molecule has 1 fully saturated rings. The van der Waals surface area contributed by atoms with Gasteiger partial charge in [-0.1, -0.05) is 28.8 Å². The van der Waals surface area contributed by atoms with Crippen LogP contribution in [-0.2, 0) is 13.0 Å². The maximum Gasteiger partial charge on any atom is 0.0738 e. The summed E-state index contributed by atoms with van der Waals surface area (Å²) < 4.78 is 3.34. The minimum Gasteiger partial charge on any atom is -0.268 e. The van der Waals surface area contributed by atoms with E-state index in [0.29, 0.717) is 4.83 Å². The standard InChI is InChI=1S/C14H22Br2N2/c1-3-18-13(14(16)10(2)17-18)9-8-12(15)11-6-4-5-7-11/h11-12H,3-9H2,1-2H3. The van der Waals surface area contributed by atoms with Crippen LogP contribution in [0.4, 0.5) is 0 Å². The van der Waals surface area contributed by atoms with Crippen LogP contribution in [0.25, 0.3) is 0 Å². The number of alkyl halides is 1. The Morgan fingerprint density at radius 3 is 2.67 bits per heavy atom. The summed E-state index contributed by atoms with van der Waals surface area (Å²) in [6.45, 7) is 5.19. The van der Waals surface area contributed by atoms with Gasteiger partial charge >= 0.3 is 0 Å². The molecule has 1 aromatic heterocycles. The highest BCUT2D eigenvalue weighted by atomic mass is 79.9. The second-order valence-electron chi connectivity index (χ2n) is 5.26. The van der Waals surface area contributed by atoms with Crippen LogP contribution < -0.4 is 0 Å². The number of nitrogens with zero attached hydrogens (tertiary/aromatic N) is 2. The second-order valence-corrected chi connectivity index (χ2v) is 7.23. The second kappa shape index (κ2) is 6.56. The number of aryl methyl sites for hydroxylation is 2. The van der Waals surface area contributed by atoms with Gasteiger partial charge in [-0.15, -0.1) is 0 Å².